The van der Waals surface area contributed by atoms with Crippen LogP contribution in [0.15, 0.2) is 24.3 Å². The molecule has 176 valence electrons. The fourth-order valence-corrected chi connectivity index (χ4v) is 4.99. The Balaban J connectivity index is 0.000000360. The second-order valence-electron chi connectivity index (χ2n) is 7.97. The van der Waals surface area contributed by atoms with Crippen molar-refractivity contribution in [3.05, 3.63) is 30.0 Å². The lowest BCUT2D eigenvalue weighted by molar-refractivity contribution is -0.192. The quantitative estimate of drug-likeness (QED) is 0.693. The highest BCUT2D eigenvalue weighted by molar-refractivity contribution is 7.89. The molecule has 1 unspecified atom stereocenters. The van der Waals surface area contributed by atoms with E-state index in [1.807, 2.05) is 0 Å². The van der Waals surface area contributed by atoms with E-state index < -0.39 is 22.2 Å². The van der Waals surface area contributed by atoms with E-state index >= 15 is 0 Å². The highest BCUT2D eigenvalue weighted by Crippen LogP contribution is 2.34. The Morgan fingerprint density at radius 3 is 2.19 bits per heavy atom. The molecule has 2 N–H and O–H groups in total. The summed E-state index contributed by atoms with van der Waals surface area (Å²) in [5.41, 5.74) is 0.603. The number of para-hydroxylation sites is 1. The van der Waals surface area contributed by atoms with Crippen molar-refractivity contribution >= 4 is 32.8 Å². The van der Waals surface area contributed by atoms with Gasteiger partial charge >= 0.3 is 12.1 Å². The Hall–Kier alpha value is -2.67. The molecule has 0 aliphatic carbocycles. The Labute approximate surface area is 182 Å². The molecule has 0 radical (unpaired) electrons. The van der Waals surface area contributed by atoms with E-state index in [4.69, 9.17) is 9.90 Å². The van der Waals surface area contributed by atoms with E-state index in [-0.39, 0.29) is 17.6 Å². The average molecular weight is 476 g/mol. The maximum Gasteiger partial charge on any atom is 0.490 e. The molecule has 32 heavy (non-hydrogen) atoms. The molecule has 2 saturated heterocycles. The fraction of sp³-hybridized carbons (Fsp3) is 0.526. The fourth-order valence-electron chi connectivity index (χ4n) is 4.24. The molecule has 2 aromatic rings. The monoisotopic (exact) mass is 476 g/mol. The van der Waals surface area contributed by atoms with Crippen LogP contribution < -0.4 is 5.32 Å². The maximum absolute atomic E-state index is 12.8. The molecule has 4 rings (SSSR count). The number of carbonyl (C=O) groups excluding carboxylic acids is 1. The van der Waals surface area contributed by atoms with Crippen LogP contribution in [0.25, 0.3) is 10.9 Å². The van der Waals surface area contributed by atoms with Gasteiger partial charge in [0, 0.05) is 23.5 Å². The van der Waals surface area contributed by atoms with E-state index in [2.05, 4.69) is 22.4 Å². The van der Waals surface area contributed by atoms with Gasteiger partial charge in [-0.3, -0.25) is 4.79 Å². The predicted molar refractivity (Wildman–Crippen MR) is 109 cm³/mol. The highest BCUT2D eigenvalue weighted by Gasteiger charge is 2.39. The molecule has 2 aliphatic rings. The van der Waals surface area contributed by atoms with Gasteiger partial charge in [0.2, 0.25) is 0 Å². The van der Waals surface area contributed by atoms with Gasteiger partial charge in [0.25, 0.3) is 15.9 Å². The van der Waals surface area contributed by atoms with Crippen LogP contribution in [-0.2, 0) is 14.8 Å². The van der Waals surface area contributed by atoms with Gasteiger partial charge in [0.05, 0.1) is 11.8 Å². The number of fused-ring (bicyclic) bond motifs is 3. The molecule has 13 heteroatoms. The number of benzene rings is 1. The zero-order valence-electron chi connectivity index (χ0n) is 17.3. The second kappa shape index (κ2) is 8.70. The van der Waals surface area contributed by atoms with Crippen molar-refractivity contribution in [1.29, 1.82) is 0 Å². The Morgan fingerprint density at radius 1 is 1.16 bits per heavy atom. The van der Waals surface area contributed by atoms with Crippen LogP contribution in [0.1, 0.15) is 36.2 Å². The topological polar surface area (TPSA) is 122 Å². The summed E-state index contributed by atoms with van der Waals surface area (Å²) in [6.07, 6.45) is 0.230. The Kier molecular flexibility index (Phi) is 6.52. The number of aromatic nitrogens is 2. The number of carboxylic acid groups (broad SMARTS) is 1. The number of piperidine rings is 1. The van der Waals surface area contributed by atoms with E-state index in [0.29, 0.717) is 23.0 Å². The number of nitrogens with zero attached hydrogens (tertiary/aromatic N) is 3. The summed E-state index contributed by atoms with van der Waals surface area (Å²) in [4.78, 5) is 24.1. The highest BCUT2D eigenvalue weighted by atomic mass is 32.2. The zero-order chi connectivity index (χ0) is 23.8. The van der Waals surface area contributed by atoms with Gasteiger partial charge in [0.1, 0.15) is 0 Å². The van der Waals surface area contributed by atoms with Crippen LogP contribution in [0.2, 0.25) is 0 Å². The lowest BCUT2D eigenvalue weighted by Gasteiger charge is -2.36. The Morgan fingerprint density at radius 2 is 1.69 bits per heavy atom. The van der Waals surface area contributed by atoms with Crippen LogP contribution in [0.5, 0.6) is 0 Å². The largest absolute Gasteiger partial charge is 0.490 e. The summed E-state index contributed by atoms with van der Waals surface area (Å²) < 4.78 is 56.6. The Bertz CT molecular complexity index is 1120. The minimum Gasteiger partial charge on any atom is -0.475 e. The van der Waals surface area contributed by atoms with E-state index in [1.165, 1.54) is 12.8 Å². The molecule has 2 bridgehead atoms. The second-order valence-corrected chi connectivity index (χ2v) is 9.78. The molecular weight excluding hydrogens is 453 g/mol. The van der Waals surface area contributed by atoms with Crippen molar-refractivity contribution in [1.82, 2.24) is 19.4 Å². The summed E-state index contributed by atoms with van der Waals surface area (Å²) in [6, 6.07) is 8.07. The van der Waals surface area contributed by atoms with Crippen LogP contribution in [0.3, 0.4) is 0 Å². The molecule has 0 spiro atoms. The van der Waals surface area contributed by atoms with Gasteiger partial charge in [0.15, 0.2) is 5.69 Å². The first-order valence-corrected chi connectivity index (χ1v) is 11.6. The number of hydrogen-bond acceptors (Lipinski definition) is 6. The summed E-state index contributed by atoms with van der Waals surface area (Å²) in [7, 11) is -1.42. The number of amides is 1. The van der Waals surface area contributed by atoms with Crippen LogP contribution >= 0.6 is 0 Å². The van der Waals surface area contributed by atoms with Crippen LogP contribution in [-0.4, -0.2) is 77.1 Å². The SMILES string of the molecule is CN1[C@@H]2CC[C@H]1CC(NC(=O)c1nn(S(C)(=O)=O)c3ccccc13)C2.O=C(O)C(F)(F)F. The standard InChI is InChI=1S/C17H22N4O3S.C2HF3O2/c1-20-12-7-8-13(20)10-11(9-12)18-17(22)16-14-5-3-4-6-15(14)21(19-16)25(2,23)24;3-2(4,5)1(6)7/h3-6,11-13H,7-10H2,1-2H3,(H,18,22);(H,6,7)/t11?,12-,13+;. The van der Waals surface area contributed by atoms with Crippen LogP contribution in [0.4, 0.5) is 13.2 Å². The van der Waals surface area contributed by atoms with Crippen molar-refractivity contribution < 1.29 is 36.3 Å². The number of carboxylic acids is 1. The van der Waals surface area contributed by atoms with Crippen molar-refractivity contribution in [2.45, 2.75) is 50.0 Å². The molecule has 1 aromatic carbocycles. The van der Waals surface area contributed by atoms with Crippen molar-refractivity contribution in [3.8, 4) is 0 Å². The van der Waals surface area contributed by atoms with Gasteiger partial charge in [-0.2, -0.15) is 22.4 Å². The van der Waals surface area contributed by atoms with Crippen molar-refractivity contribution in [3.63, 3.8) is 0 Å². The average Bonchev–Trinajstić information content (AvgIpc) is 3.15. The molecular formula is C19H23F3N4O5S. The first-order chi connectivity index (χ1) is 14.8. The molecule has 3 heterocycles. The molecule has 3 atom stereocenters. The third-order valence-corrected chi connectivity index (χ3v) is 6.67. The predicted octanol–water partition coefficient (Wildman–Crippen LogP) is 1.83. The van der Waals surface area contributed by atoms with Crippen LogP contribution in [0, 0.1) is 0 Å². The number of carbonyl (C=O) groups is 2. The molecule has 9 nitrogen and oxygen atoms in total. The summed E-state index contributed by atoms with van der Waals surface area (Å²) in [5.74, 6) is -3.06. The first-order valence-electron chi connectivity index (χ1n) is 9.80. The van der Waals surface area contributed by atoms with E-state index in [9.17, 15) is 26.4 Å². The molecule has 1 aromatic heterocycles. The number of halogens is 3. The van der Waals surface area contributed by atoms with E-state index in [0.717, 1.165) is 23.2 Å². The minimum atomic E-state index is -5.08. The number of aliphatic carboxylic acids is 1. The van der Waals surface area contributed by atoms with Gasteiger partial charge < -0.3 is 15.3 Å². The first kappa shape index (κ1) is 24.0. The van der Waals surface area contributed by atoms with E-state index in [1.54, 1.807) is 24.3 Å². The van der Waals surface area contributed by atoms with Crippen molar-refractivity contribution in [2.24, 2.45) is 0 Å². The molecule has 2 fully saturated rings. The molecule has 2 aliphatic heterocycles. The van der Waals surface area contributed by atoms with Gasteiger partial charge in [-0.1, -0.05) is 18.2 Å². The van der Waals surface area contributed by atoms with Gasteiger partial charge in [-0.15, -0.1) is 0 Å². The lowest BCUT2D eigenvalue weighted by atomic mass is 9.98. The molecule has 1 amide bonds. The normalized spacial score (nSPS) is 23.5. The third-order valence-electron chi connectivity index (χ3n) is 5.76. The van der Waals surface area contributed by atoms with Gasteiger partial charge in [-0.05, 0) is 38.8 Å². The summed E-state index contributed by atoms with van der Waals surface area (Å²) in [6.45, 7) is 0. The number of rotatable bonds is 3. The van der Waals surface area contributed by atoms with Gasteiger partial charge in [-0.25, -0.2) is 13.2 Å². The summed E-state index contributed by atoms with van der Waals surface area (Å²) >= 11 is 0. The number of hydrogen-bond donors (Lipinski definition) is 2. The number of alkyl halides is 3. The zero-order valence-corrected chi connectivity index (χ0v) is 18.2. The van der Waals surface area contributed by atoms with Crippen molar-refractivity contribution in [2.75, 3.05) is 13.3 Å². The minimum absolute atomic E-state index is 0.114. The smallest absolute Gasteiger partial charge is 0.475 e. The summed E-state index contributed by atoms with van der Waals surface area (Å²) in [5, 5.41) is 14.9. The molecule has 0 saturated carbocycles. The third kappa shape index (κ3) is 5.04. The lowest BCUT2D eigenvalue weighted by Crippen LogP contribution is -2.48. The number of nitrogens with one attached hydrogen (secondary N) is 1. The maximum atomic E-state index is 12.8.